The maximum absolute atomic E-state index is 12.0. The summed E-state index contributed by atoms with van der Waals surface area (Å²) in [5, 5.41) is 8.12. The maximum atomic E-state index is 12.0. The number of ether oxygens (including phenoxy) is 1. The van der Waals surface area contributed by atoms with Crippen LogP contribution in [0.2, 0.25) is 0 Å². The van der Waals surface area contributed by atoms with Gasteiger partial charge in [0.1, 0.15) is 5.75 Å². The van der Waals surface area contributed by atoms with Crippen molar-refractivity contribution in [1.29, 1.82) is 0 Å². The lowest BCUT2D eigenvalue weighted by Gasteiger charge is -2.11. The fraction of sp³-hybridized carbons (Fsp3) is 0.222. The summed E-state index contributed by atoms with van der Waals surface area (Å²) in [5.41, 5.74) is 1.86. The van der Waals surface area contributed by atoms with E-state index in [4.69, 9.17) is 4.74 Å². The molecule has 0 aliphatic heterocycles. The van der Waals surface area contributed by atoms with Crippen LogP contribution in [0.5, 0.6) is 5.75 Å². The van der Waals surface area contributed by atoms with Crippen LogP contribution in [-0.2, 0) is 4.79 Å². The molecule has 0 saturated carbocycles. The maximum Gasteiger partial charge on any atom is 0.323 e. The average molecular weight is 327 g/mol. The minimum atomic E-state index is -0.368. The van der Waals surface area contributed by atoms with E-state index in [0.717, 1.165) is 5.75 Å². The molecule has 0 heterocycles. The first-order chi connectivity index (χ1) is 11.4. The molecule has 24 heavy (non-hydrogen) atoms. The summed E-state index contributed by atoms with van der Waals surface area (Å²) < 4.78 is 5.55. The van der Waals surface area contributed by atoms with Crippen molar-refractivity contribution in [3.8, 4) is 5.75 Å². The van der Waals surface area contributed by atoms with Gasteiger partial charge in [-0.25, -0.2) is 4.79 Å². The Morgan fingerprint density at radius 2 is 1.46 bits per heavy atom. The molecule has 0 fully saturated rings. The minimum Gasteiger partial charge on any atom is -0.491 e. The summed E-state index contributed by atoms with van der Waals surface area (Å²) in [6, 6.07) is 13.7. The van der Waals surface area contributed by atoms with Gasteiger partial charge >= 0.3 is 6.03 Å². The smallest absolute Gasteiger partial charge is 0.323 e. The Kier molecular flexibility index (Phi) is 5.78. The van der Waals surface area contributed by atoms with E-state index < -0.39 is 0 Å². The third-order valence-electron chi connectivity index (χ3n) is 2.92. The van der Waals surface area contributed by atoms with E-state index >= 15 is 0 Å². The van der Waals surface area contributed by atoms with Crippen LogP contribution in [0.15, 0.2) is 48.5 Å². The summed E-state index contributed by atoms with van der Waals surface area (Å²) in [6.45, 7) is 5.34. The van der Waals surface area contributed by atoms with Crippen LogP contribution in [0.25, 0.3) is 0 Å². The molecule has 6 heteroatoms. The lowest BCUT2D eigenvalue weighted by molar-refractivity contribution is -0.114. The topological polar surface area (TPSA) is 79.5 Å². The van der Waals surface area contributed by atoms with Gasteiger partial charge in [0.25, 0.3) is 0 Å². The van der Waals surface area contributed by atoms with Crippen LogP contribution in [0, 0.1) is 0 Å². The normalized spacial score (nSPS) is 10.2. The summed E-state index contributed by atoms with van der Waals surface area (Å²) in [5.74, 6) is 0.583. The van der Waals surface area contributed by atoms with Gasteiger partial charge in [0.2, 0.25) is 5.91 Å². The van der Waals surface area contributed by atoms with Crippen LogP contribution in [0.1, 0.15) is 20.8 Å². The fourth-order valence-corrected chi connectivity index (χ4v) is 2.06. The van der Waals surface area contributed by atoms with E-state index in [2.05, 4.69) is 16.0 Å². The van der Waals surface area contributed by atoms with E-state index in [1.807, 2.05) is 13.8 Å². The number of anilines is 3. The van der Waals surface area contributed by atoms with E-state index in [1.165, 1.54) is 6.92 Å². The van der Waals surface area contributed by atoms with Gasteiger partial charge in [-0.05, 0) is 56.3 Å². The molecule has 2 rings (SSSR count). The molecule has 2 aromatic rings. The molecule has 0 aliphatic carbocycles. The van der Waals surface area contributed by atoms with Crippen molar-refractivity contribution in [3.05, 3.63) is 48.5 Å². The highest BCUT2D eigenvalue weighted by atomic mass is 16.5. The molecule has 126 valence electrons. The van der Waals surface area contributed by atoms with Crippen molar-refractivity contribution >= 4 is 29.0 Å². The average Bonchev–Trinajstić information content (AvgIpc) is 2.48. The Hall–Kier alpha value is -3.02. The summed E-state index contributed by atoms with van der Waals surface area (Å²) in [6.07, 6.45) is 0.1000. The Labute approximate surface area is 141 Å². The van der Waals surface area contributed by atoms with Gasteiger partial charge in [0.05, 0.1) is 6.10 Å². The zero-order valence-electron chi connectivity index (χ0n) is 13.9. The molecular formula is C18H21N3O3. The first kappa shape index (κ1) is 17.3. The molecule has 3 amide bonds. The van der Waals surface area contributed by atoms with Gasteiger partial charge in [-0.2, -0.15) is 0 Å². The van der Waals surface area contributed by atoms with Gasteiger partial charge < -0.3 is 20.7 Å². The summed E-state index contributed by atoms with van der Waals surface area (Å²) >= 11 is 0. The molecule has 2 aromatic carbocycles. The predicted molar refractivity (Wildman–Crippen MR) is 95.6 cm³/mol. The second-order valence-electron chi connectivity index (χ2n) is 5.53. The van der Waals surface area contributed by atoms with Gasteiger partial charge in [-0.15, -0.1) is 0 Å². The first-order valence-electron chi connectivity index (χ1n) is 7.65. The number of nitrogens with one attached hydrogen (secondary N) is 3. The van der Waals surface area contributed by atoms with E-state index in [0.29, 0.717) is 17.1 Å². The SMILES string of the molecule is CC(=O)Nc1cccc(NC(=O)Nc2ccc(OC(C)C)cc2)c1. The molecule has 0 bridgehead atoms. The van der Waals surface area contributed by atoms with Crippen LogP contribution < -0.4 is 20.7 Å². The van der Waals surface area contributed by atoms with Gasteiger partial charge in [-0.3, -0.25) is 4.79 Å². The zero-order chi connectivity index (χ0) is 17.5. The van der Waals surface area contributed by atoms with Crippen molar-refractivity contribution in [2.45, 2.75) is 26.9 Å². The van der Waals surface area contributed by atoms with E-state index in [9.17, 15) is 9.59 Å². The number of carbonyl (C=O) groups excluding carboxylic acids is 2. The molecule has 0 radical (unpaired) electrons. The highest BCUT2D eigenvalue weighted by Gasteiger charge is 2.05. The number of benzene rings is 2. The second-order valence-corrected chi connectivity index (χ2v) is 5.53. The van der Waals surface area contributed by atoms with Gasteiger partial charge in [0, 0.05) is 24.0 Å². The Morgan fingerprint density at radius 1 is 0.875 bits per heavy atom. The van der Waals surface area contributed by atoms with Crippen LogP contribution in [0.3, 0.4) is 0 Å². The van der Waals surface area contributed by atoms with E-state index in [-0.39, 0.29) is 18.0 Å². The molecule has 0 aliphatic rings. The molecule has 0 aromatic heterocycles. The molecule has 0 unspecified atom stereocenters. The number of rotatable bonds is 5. The monoisotopic (exact) mass is 327 g/mol. The number of hydrogen-bond donors (Lipinski definition) is 3. The predicted octanol–water partition coefficient (Wildman–Crippen LogP) is 4.08. The molecule has 3 N–H and O–H groups in total. The minimum absolute atomic E-state index is 0.1000. The lowest BCUT2D eigenvalue weighted by atomic mass is 10.2. The first-order valence-corrected chi connectivity index (χ1v) is 7.65. The van der Waals surface area contributed by atoms with E-state index in [1.54, 1.807) is 48.5 Å². The summed E-state index contributed by atoms with van der Waals surface area (Å²) in [4.78, 5) is 23.1. The second kappa shape index (κ2) is 8.01. The van der Waals surface area contributed by atoms with Crippen molar-refractivity contribution < 1.29 is 14.3 Å². The van der Waals surface area contributed by atoms with Gasteiger partial charge in [0.15, 0.2) is 0 Å². The zero-order valence-corrected chi connectivity index (χ0v) is 13.9. The Balaban J connectivity index is 1.94. The van der Waals surface area contributed by atoms with Crippen molar-refractivity contribution in [2.75, 3.05) is 16.0 Å². The third-order valence-corrected chi connectivity index (χ3v) is 2.92. The highest BCUT2D eigenvalue weighted by Crippen LogP contribution is 2.18. The molecule has 0 atom stereocenters. The number of carbonyl (C=O) groups is 2. The molecule has 0 saturated heterocycles. The lowest BCUT2D eigenvalue weighted by Crippen LogP contribution is -2.19. The van der Waals surface area contributed by atoms with Gasteiger partial charge in [-0.1, -0.05) is 6.07 Å². The standard InChI is InChI=1S/C18H21N3O3/c1-12(2)24-17-9-7-14(8-10-17)20-18(23)21-16-6-4-5-15(11-16)19-13(3)22/h4-12H,1-3H3,(H,19,22)(H2,20,21,23). The highest BCUT2D eigenvalue weighted by molar-refractivity contribution is 6.00. The largest absolute Gasteiger partial charge is 0.491 e. The molecule has 6 nitrogen and oxygen atoms in total. The van der Waals surface area contributed by atoms with Crippen molar-refractivity contribution in [1.82, 2.24) is 0 Å². The van der Waals surface area contributed by atoms with Crippen LogP contribution in [-0.4, -0.2) is 18.0 Å². The van der Waals surface area contributed by atoms with Crippen LogP contribution >= 0.6 is 0 Å². The van der Waals surface area contributed by atoms with Crippen LogP contribution in [0.4, 0.5) is 21.9 Å². The molecule has 0 spiro atoms. The summed E-state index contributed by atoms with van der Waals surface area (Å²) in [7, 11) is 0. The van der Waals surface area contributed by atoms with Crippen molar-refractivity contribution in [3.63, 3.8) is 0 Å². The number of urea groups is 1. The van der Waals surface area contributed by atoms with Crippen molar-refractivity contribution in [2.24, 2.45) is 0 Å². The Bertz CT molecular complexity index is 712. The third kappa shape index (κ3) is 5.64. The quantitative estimate of drug-likeness (QED) is 0.774. The number of amides is 3. The molecular weight excluding hydrogens is 306 g/mol. The Morgan fingerprint density at radius 3 is 2.04 bits per heavy atom. The number of hydrogen-bond acceptors (Lipinski definition) is 3. The fourth-order valence-electron chi connectivity index (χ4n) is 2.06.